The van der Waals surface area contributed by atoms with E-state index < -0.39 is 11.6 Å². The van der Waals surface area contributed by atoms with Crippen LogP contribution in [0.4, 0.5) is 0 Å². The summed E-state index contributed by atoms with van der Waals surface area (Å²) in [5, 5.41) is 12.0. The van der Waals surface area contributed by atoms with Crippen molar-refractivity contribution < 1.29 is 24.2 Å². The summed E-state index contributed by atoms with van der Waals surface area (Å²) in [6.45, 7) is 5.51. The standard InChI is InChI=1S/C29H31N3O6/c1-3-18-19-12-17(37-16-25(33)31-10-6-5-7-11-31)8-9-23(19)30-26-20(18)14-32-24(26)13-22-21(27(32)34)15-38-28(35)29(22,36)4-2/h8-9,12-13,36H,3-7,10-11,14-16H2,1-2H3/t29-/m0/s1. The lowest BCUT2D eigenvalue weighted by atomic mass is 9.86. The van der Waals surface area contributed by atoms with Crippen molar-refractivity contribution in [3.63, 3.8) is 0 Å². The summed E-state index contributed by atoms with van der Waals surface area (Å²) < 4.78 is 12.7. The van der Waals surface area contributed by atoms with Crippen molar-refractivity contribution in [2.75, 3.05) is 19.7 Å². The number of amides is 1. The van der Waals surface area contributed by atoms with Gasteiger partial charge < -0.3 is 24.0 Å². The fraction of sp³-hybridized carbons (Fsp3) is 0.448. The smallest absolute Gasteiger partial charge is 0.343 e. The van der Waals surface area contributed by atoms with Crippen LogP contribution in [0.5, 0.6) is 5.75 Å². The Kier molecular flexibility index (Phi) is 5.98. The Balaban J connectivity index is 1.38. The van der Waals surface area contributed by atoms with Crippen LogP contribution in [-0.2, 0) is 39.5 Å². The topological polar surface area (TPSA) is 111 Å². The van der Waals surface area contributed by atoms with E-state index in [-0.39, 0.29) is 31.1 Å². The molecule has 2 aromatic heterocycles. The van der Waals surface area contributed by atoms with Crippen molar-refractivity contribution >= 4 is 22.8 Å². The first kappa shape index (κ1) is 24.6. The number of aliphatic hydroxyl groups is 1. The molecule has 38 heavy (non-hydrogen) atoms. The van der Waals surface area contributed by atoms with Gasteiger partial charge in [-0.2, -0.15) is 0 Å². The van der Waals surface area contributed by atoms with Crippen molar-refractivity contribution in [1.29, 1.82) is 0 Å². The quantitative estimate of drug-likeness (QED) is 0.405. The van der Waals surface area contributed by atoms with Crippen molar-refractivity contribution in [2.45, 2.75) is 64.7 Å². The maximum absolute atomic E-state index is 13.5. The molecule has 1 aromatic carbocycles. The van der Waals surface area contributed by atoms with Gasteiger partial charge in [-0.3, -0.25) is 9.59 Å². The van der Waals surface area contributed by atoms with E-state index in [9.17, 15) is 19.5 Å². The molecular formula is C29H31N3O6. The maximum atomic E-state index is 13.5. The highest BCUT2D eigenvalue weighted by Gasteiger charge is 2.45. The summed E-state index contributed by atoms with van der Waals surface area (Å²) in [5.74, 6) is -0.130. The van der Waals surface area contributed by atoms with Gasteiger partial charge in [-0.15, -0.1) is 0 Å². The third-order valence-electron chi connectivity index (χ3n) is 8.20. The highest BCUT2D eigenvalue weighted by molar-refractivity contribution is 5.90. The Morgan fingerprint density at radius 2 is 1.92 bits per heavy atom. The predicted octanol–water partition coefficient (Wildman–Crippen LogP) is 3.03. The van der Waals surface area contributed by atoms with Crippen molar-refractivity contribution in [2.24, 2.45) is 0 Å². The molecule has 9 nitrogen and oxygen atoms in total. The largest absolute Gasteiger partial charge is 0.484 e. The minimum atomic E-state index is -1.85. The Labute approximate surface area is 220 Å². The van der Waals surface area contributed by atoms with Crippen LogP contribution in [0.1, 0.15) is 61.8 Å². The van der Waals surface area contributed by atoms with Gasteiger partial charge in [0.25, 0.3) is 11.5 Å². The number of piperidine rings is 1. The number of likely N-dealkylation sites (tertiary alicyclic amines) is 1. The first-order valence-corrected chi connectivity index (χ1v) is 13.4. The van der Waals surface area contributed by atoms with Gasteiger partial charge in [-0.1, -0.05) is 13.8 Å². The SMILES string of the molecule is CCc1c2c(nc3ccc(OCC(=O)N4CCCCC4)cc13)-c1cc3c(c(=O)n1C2)COC(=O)[C@]3(O)CC. The Morgan fingerprint density at radius 3 is 2.66 bits per heavy atom. The summed E-state index contributed by atoms with van der Waals surface area (Å²) in [7, 11) is 0. The van der Waals surface area contributed by atoms with Gasteiger partial charge in [0.15, 0.2) is 12.2 Å². The Morgan fingerprint density at radius 1 is 1.13 bits per heavy atom. The zero-order valence-corrected chi connectivity index (χ0v) is 21.7. The summed E-state index contributed by atoms with van der Waals surface area (Å²) in [5.41, 5.74) is 2.50. The number of fused-ring (bicyclic) bond motifs is 5. The first-order valence-electron chi connectivity index (χ1n) is 13.4. The van der Waals surface area contributed by atoms with E-state index in [0.717, 1.165) is 54.4 Å². The fourth-order valence-electron chi connectivity index (χ4n) is 6.01. The molecule has 0 bridgehead atoms. The van der Waals surface area contributed by atoms with Gasteiger partial charge in [0.2, 0.25) is 0 Å². The second-order valence-electron chi connectivity index (χ2n) is 10.3. The average molecular weight is 518 g/mol. The van der Waals surface area contributed by atoms with Crippen LogP contribution in [0.15, 0.2) is 29.1 Å². The van der Waals surface area contributed by atoms with E-state index in [1.807, 2.05) is 23.1 Å². The highest BCUT2D eigenvalue weighted by atomic mass is 16.6. The summed E-state index contributed by atoms with van der Waals surface area (Å²) in [4.78, 5) is 45.3. The lowest BCUT2D eigenvalue weighted by Gasteiger charge is -2.31. The predicted molar refractivity (Wildman–Crippen MR) is 140 cm³/mol. The number of pyridine rings is 2. The Bertz CT molecular complexity index is 1540. The van der Waals surface area contributed by atoms with Crippen LogP contribution in [0.25, 0.3) is 22.3 Å². The molecular weight excluding hydrogens is 486 g/mol. The number of hydrogen-bond acceptors (Lipinski definition) is 7. The first-order chi connectivity index (χ1) is 18.4. The molecule has 1 amide bonds. The minimum absolute atomic E-state index is 0.000816. The van der Waals surface area contributed by atoms with E-state index >= 15 is 0 Å². The summed E-state index contributed by atoms with van der Waals surface area (Å²) in [6, 6.07) is 7.33. The molecule has 5 heterocycles. The van der Waals surface area contributed by atoms with Gasteiger partial charge in [-0.25, -0.2) is 9.78 Å². The number of nitrogens with zero attached hydrogens (tertiary/aromatic N) is 3. The number of ether oxygens (including phenoxy) is 2. The molecule has 3 aliphatic heterocycles. The molecule has 0 aliphatic carbocycles. The molecule has 6 rings (SSSR count). The van der Waals surface area contributed by atoms with E-state index in [4.69, 9.17) is 14.5 Å². The lowest BCUT2D eigenvalue weighted by molar-refractivity contribution is -0.172. The number of carbonyl (C=O) groups is 2. The third kappa shape index (κ3) is 3.71. The number of rotatable bonds is 5. The zero-order chi connectivity index (χ0) is 26.6. The maximum Gasteiger partial charge on any atom is 0.343 e. The number of hydrogen-bond donors (Lipinski definition) is 1. The van der Waals surface area contributed by atoms with Crippen LogP contribution >= 0.6 is 0 Å². The van der Waals surface area contributed by atoms with Crippen molar-refractivity contribution in [3.05, 3.63) is 56.9 Å². The second-order valence-corrected chi connectivity index (χ2v) is 10.3. The Hall–Kier alpha value is -3.72. The van der Waals surface area contributed by atoms with Crippen LogP contribution in [-0.4, -0.2) is 51.1 Å². The lowest BCUT2D eigenvalue weighted by Crippen LogP contribution is -2.44. The van der Waals surface area contributed by atoms with Crippen molar-refractivity contribution in [1.82, 2.24) is 14.5 Å². The minimum Gasteiger partial charge on any atom is -0.484 e. The highest BCUT2D eigenvalue weighted by Crippen LogP contribution is 2.40. The number of aryl methyl sites for hydroxylation is 1. The number of cyclic esters (lactones) is 1. The van der Waals surface area contributed by atoms with Crippen molar-refractivity contribution in [3.8, 4) is 17.1 Å². The molecule has 3 aromatic rings. The monoisotopic (exact) mass is 517 g/mol. The van der Waals surface area contributed by atoms with Crippen LogP contribution in [0.2, 0.25) is 0 Å². The molecule has 0 radical (unpaired) electrons. The van der Waals surface area contributed by atoms with E-state index in [1.165, 1.54) is 0 Å². The molecule has 0 saturated carbocycles. The molecule has 0 unspecified atom stereocenters. The zero-order valence-electron chi connectivity index (χ0n) is 21.7. The fourth-order valence-corrected chi connectivity index (χ4v) is 6.01. The summed E-state index contributed by atoms with van der Waals surface area (Å²) in [6.07, 6.45) is 4.04. The van der Waals surface area contributed by atoms with E-state index in [1.54, 1.807) is 17.6 Å². The number of esters is 1. The molecule has 198 valence electrons. The van der Waals surface area contributed by atoms with E-state index in [0.29, 0.717) is 41.2 Å². The third-order valence-corrected chi connectivity index (χ3v) is 8.20. The molecule has 1 saturated heterocycles. The van der Waals surface area contributed by atoms with Gasteiger partial charge in [0.05, 0.1) is 29.0 Å². The van der Waals surface area contributed by atoms with Crippen LogP contribution < -0.4 is 10.3 Å². The van der Waals surface area contributed by atoms with Gasteiger partial charge in [0, 0.05) is 29.6 Å². The number of benzene rings is 1. The molecule has 9 heteroatoms. The van der Waals surface area contributed by atoms with E-state index in [2.05, 4.69) is 6.92 Å². The molecule has 1 atom stereocenters. The normalized spacial score (nSPS) is 20.1. The van der Waals surface area contributed by atoms with Gasteiger partial charge in [-0.05, 0) is 61.9 Å². The molecule has 1 fully saturated rings. The summed E-state index contributed by atoms with van der Waals surface area (Å²) >= 11 is 0. The van der Waals surface area contributed by atoms with Gasteiger partial charge >= 0.3 is 5.97 Å². The molecule has 3 aliphatic rings. The second kappa shape index (κ2) is 9.23. The van der Waals surface area contributed by atoms with Gasteiger partial charge in [0.1, 0.15) is 12.4 Å². The van der Waals surface area contributed by atoms with Crippen LogP contribution in [0, 0.1) is 0 Å². The van der Waals surface area contributed by atoms with Crippen LogP contribution in [0.3, 0.4) is 0 Å². The number of carbonyl (C=O) groups excluding carboxylic acids is 2. The number of aromatic nitrogens is 2. The molecule has 1 N–H and O–H groups in total. The average Bonchev–Trinajstić information content (AvgIpc) is 3.31. The molecule has 0 spiro atoms.